The molecule has 0 bridgehead atoms. The monoisotopic (exact) mass is 411 g/mol. The van der Waals surface area contributed by atoms with Crippen LogP contribution in [0.15, 0.2) is 53.4 Å². The molecule has 0 N–H and O–H groups in total. The van der Waals surface area contributed by atoms with Gasteiger partial charge in [-0.2, -0.15) is 0 Å². The van der Waals surface area contributed by atoms with Gasteiger partial charge in [-0.25, -0.2) is 16.8 Å². The van der Waals surface area contributed by atoms with Crippen molar-refractivity contribution in [2.24, 2.45) is 0 Å². The predicted molar refractivity (Wildman–Crippen MR) is 103 cm³/mol. The number of nitrogens with zero attached hydrogens (tertiary/aromatic N) is 1. The summed E-state index contributed by atoms with van der Waals surface area (Å²) in [7, 11) is -4.56. The third-order valence-corrected chi connectivity index (χ3v) is 8.11. The fourth-order valence-electron chi connectivity index (χ4n) is 3.17. The average Bonchev–Trinajstić information content (AvgIpc) is 3.01. The minimum absolute atomic E-state index is 0.0359. The highest BCUT2D eigenvalue weighted by atomic mass is 32.2. The van der Waals surface area contributed by atoms with Crippen molar-refractivity contribution in [2.75, 3.05) is 30.0 Å². The molecule has 1 atom stereocenters. The van der Waals surface area contributed by atoms with E-state index < -0.39 is 25.9 Å². The Kier molecular flexibility index (Phi) is 5.34. The van der Waals surface area contributed by atoms with E-state index in [0.717, 1.165) is 0 Å². The van der Waals surface area contributed by atoms with Gasteiger partial charge in [0, 0.05) is 6.07 Å². The maximum absolute atomic E-state index is 13.6. The molecule has 7 nitrogen and oxygen atoms in total. The Bertz CT molecular complexity index is 1020. The highest BCUT2D eigenvalue weighted by molar-refractivity contribution is 7.93. The summed E-state index contributed by atoms with van der Waals surface area (Å²) in [6.45, 7) is 0. The minimum Gasteiger partial charge on any atom is -0.497 e. The molecule has 1 aliphatic rings. The quantitative estimate of drug-likeness (QED) is 0.723. The highest BCUT2D eigenvalue weighted by Gasteiger charge is 2.40. The van der Waals surface area contributed by atoms with Crippen molar-refractivity contribution in [1.29, 1.82) is 0 Å². The van der Waals surface area contributed by atoms with E-state index in [9.17, 15) is 16.8 Å². The number of para-hydroxylation sites is 1. The molecular weight excluding hydrogens is 390 g/mol. The molecule has 0 aromatic heterocycles. The smallest absolute Gasteiger partial charge is 0.268 e. The Morgan fingerprint density at radius 3 is 2.30 bits per heavy atom. The van der Waals surface area contributed by atoms with Gasteiger partial charge in [-0.1, -0.05) is 18.2 Å². The lowest BCUT2D eigenvalue weighted by Crippen LogP contribution is -2.41. The highest BCUT2D eigenvalue weighted by Crippen LogP contribution is 2.36. The summed E-state index contributed by atoms with van der Waals surface area (Å²) in [6.07, 6.45) is 0.239. The molecular formula is C18H21NO6S2. The topological polar surface area (TPSA) is 90.0 Å². The van der Waals surface area contributed by atoms with E-state index in [1.54, 1.807) is 36.4 Å². The summed E-state index contributed by atoms with van der Waals surface area (Å²) in [6, 6.07) is 12.3. The molecule has 0 spiro atoms. The van der Waals surface area contributed by atoms with Crippen LogP contribution in [0.5, 0.6) is 11.5 Å². The molecule has 2 aromatic rings. The first kappa shape index (κ1) is 19.5. The number of sulfone groups is 1. The van der Waals surface area contributed by atoms with E-state index in [2.05, 4.69) is 0 Å². The zero-order valence-electron chi connectivity index (χ0n) is 15.0. The first-order valence-electron chi connectivity index (χ1n) is 8.30. The fraction of sp³-hybridized carbons (Fsp3) is 0.333. The van der Waals surface area contributed by atoms with Crippen molar-refractivity contribution in [1.82, 2.24) is 0 Å². The van der Waals surface area contributed by atoms with Crippen LogP contribution in [0, 0.1) is 0 Å². The molecule has 9 heteroatoms. The van der Waals surface area contributed by atoms with Gasteiger partial charge in [-0.3, -0.25) is 4.31 Å². The molecule has 0 amide bonds. The van der Waals surface area contributed by atoms with E-state index in [-0.39, 0.29) is 28.6 Å². The maximum Gasteiger partial charge on any atom is 0.268 e. The van der Waals surface area contributed by atoms with Gasteiger partial charge in [-0.15, -0.1) is 0 Å². The largest absolute Gasteiger partial charge is 0.497 e. The lowest BCUT2D eigenvalue weighted by atomic mass is 10.2. The third-order valence-electron chi connectivity index (χ3n) is 4.46. The van der Waals surface area contributed by atoms with Crippen LogP contribution in [0.2, 0.25) is 0 Å². The Balaban J connectivity index is 2.17. The van der Waals surface area contributed by atoms with Gasteiger partial charge in [0.1, 0.15) is 16.4 Å². The second-order valence-electron chi connectivity index (χ2n) is 6.21. The number of anilines is 1. The second kappa shape index (κ2) is 7.40. The molecule has 2 aromatic carbocycles. The molecule has 146 valence electrons. The molecule has 1 fully saturated rings. The van der Waals surface area contributed by atoms with Crippen molar-refractivity contribution in [3.05, 3.63) is 48.5 Å². The second-order valence-corrected chi connectivity index (χ2v) is 10.2. The molecule has 1 heterocycles. The molecule has 0 saturated carbocycles. The zero-order valence-corrected chi connectivity index (χ0v) is 16.7. The van der Waals surface area contributed by atoms with Crippen molar-refractivity contribution < 1.29 is 26.3 Å². The van der Waals surface area contributed by atoms with E-state index >= 15 is 0 Å². The van der Waals surface area contributed by atoms with Gasteiger partial charge in [0.05, 0.1) is 37.5 Å². The SMILES string of the molecule is COc1ccc(OC)c(S(=O)(=O)N(c2ccccc2)[C@@H]2CCS(=O)(=O)C2)c1. The summed E-state index contributed by atoms with van der Waals surface area (Å²) in [4.78, 5) is -0.0718. The van der Waals surface area contributed by atoms with Crippen LogP contribution >= 0.6 is 0 Å². The Labute approximate surface area is 159 Å². The minimum atomic E-state index is -4.10. The zero-order chi connectivity index (χ0) is 19.7. The van der Waals surface area contributed by atoms with E-state index in [1.807, 2.05) is 0 Å². The number of methoxy groups -OCH3 is 2. The average molecular weight is 412 g/mol. The van der Waals surface area contributed by atoms with Crippen molar-refractivity contribution >= 4 is 25.5 Å². The number of rotatable bonds is 6. The molecule has 27 heavy (non-hydrogen) atoms. The molecule has 1 aliphatic heterocycles. The van der Waals surface area contributed by atoms with E-state index in [0.29, 0.717) is 11.4 Å². The summed E-state index contributed by atoms with van der Waals surface area (Å²) < 4.78 is 62.7. The van der Waals surface area contributed by atoms with E-state index in [1.165, 1.54) is 30.7 Å². The van der Waals surface area contributed by atoms with Crippen LogP contribution in [-0.4, -0.2) is 48.6 Å². The number of benzene rings is 2. The fourth-order valence-corrected chi connectivity index (χ4v) is 6.82. The van der Waals surface area contributed by atoms with Crippen molar-refractivity contribution in [2.45, 2.75) is 17.4 Å². The number of ether oxygens (including phenoxy) is 2. The first-order valence-corrected chi connectivity index (χ1v) is 11.6. The summed E-state index contributed by atoms with van der Waals surface area (Å²) >= 11 is 0. The Morgan fingerprint density at radius 1 is 1.04 bits per heavy atom. The first-order chi connectivity index (χ1) is 12.8. The normalized spacial score (nSPS) is 18.8. The van der Waals surface area contributed by atoms with Crippen LogP contribution < -0.4 is 13.8 Å². The van der Waals surface area contributed by atoms with Crippen LogP contribution in [0.25, 0.3) is 0 Å². The van der Waals surface area contributed by atoms with Crippen molar-refractivity contribution in [3.63, 3.8) is 0 Å². The van der Waals surface area contributed by atoms with Gasteiger partial charge < -0.3 is 9.47 Å². The number of hydrogen-bond donors (Lipinski definition) is 0. The lowest BCUT2D eigenvalue weighted by Gasteiger charge is -2.30. The van der Waals surface area contributed by atoms with Gasteiger partial charge >= 0.3 is 0 Å². The van der Waals surface area contributed by atoms with E-state index in [4.69, 9.17) is 9.47 Å². The Hall–Kier alpha value is -2.26. The van der Waals surface area contributed by atoms with Gasteiger partial charge in [0.2, 0.25) is 0 Å². The molecule has 0 aliphatic carbocycles. The summed E-state index contributed by atoms with van der Waals surface area (Å²) in [5.74, 6) is 0.276. The molecule has 0 radical (unpaired) electrons. The molecule has 0 unspecified atom stereocenters. The van der Waals surface area contributed by atoms with Crippen molar-refractivity contribution in [3.8, 4) is 11.5 Å². The summed E-state index contributed by atoms with van der Waals surface area (Å²) in [5.41, 5.74) is 0.407. The lowest BCUT2D eigenvalue weighted by molar-refractivity contribution is 0.392. The maximum atomic E-state index is 13.6. The van der Waals surface area contributed by atoms with Crippen LogP contribution in [0.1, 0.15) is 6.42 Å². The number of sulfonamides is 1. The molecule has 1 saturated heterocycles. The van der Waals surface area contributed by atoms with Gasteiger partial charge in [0.15, 0.2) is 9.84 Å². The van der Waals surface area contributed by atoms with Gasteiger partial charge in [-0.05, 0) is 30.7 Å². The van der Waals surface area contributed by atoms with Crippen LogP contribution in [-0.2, 0) is 19.9 Å². The van der Waals surface area contributed by atoms with Gasteiger partial charge in [0.25, 0.3) is 10.0 Å². The van der Waals surface area contributed by atoms with Crippen LogP contribution in [0.4, 0.5) is 5.69 Å². The molecule has 3 rings (SSSR count). The third kappa shape index (κ3) is 3.89. The Morgan fingerprint density at radius 2 is 1.74 bits per heavy atom. The number of hydrogen-bond acceptors (Lipinski definition) is 6. The standard InChI is InChI=1S/C18H21NO6S2/c1-24-16-8-9-17(25-2)18(12-16)27(22,23)19(14-6-4-3-5-7-14)15-10-11-26(20,21)13-15/h3-9,12,15H,10-11,13H2,1-2H3/t15-/m1/s1. The van der Waals surface area contributed by atoms with Crippen LogP contribution in [0.3, 0.4) is 0 Å². The predicted octanol–water partition coefficient (Wildman–Crippen LogP) is 2.09. The summed E-state index contributed by atoms with van der Waals surface area (Å²) in [5, 5.41) is 0.